The van der Waals surface area contributed by atoms with Crippen LogP contribution in [0.25, 0.3) is 11.1 Å². The molecule has 29 heavy (non-hydrogen) atoms. The Morgan fingerprint density at radius 2 is 1.79 bits per heavy atom. The summed E-state index contributed by atoms with van der Waals surface area (Å²) >= 11 is 0. The Labute approximate surface area is 168 Å². The number of aromatic nitrogens is 3. The van der Waals surface area contributed by atoms with E-state index >= 15 is 0 Å². The largest absolute Gasteiger partial charge is 0.449 e. The molecule has 1 saturated carbocycles. The maximum Gasteiger partial charge on any atom is 0.407 e. The van der Waals surface area contributed by atoms with E-state index in [4.69, 9.17) is 4.74 Å². The lowest BCUT2D eigenvalue weighted by Gasteiger charge is -2.31. The number of rotatable bonds is 5. The number of nitrogens with zero attached hydrogens (tertiary/aromatic N) is 3. The van der Waals surface area contributed by atoms with Crippen molar-refractivity contribution in [1.29, 1.82) is 0 Å². The Balaban J connectivity index is 1.19. The van der Waals surface area contributed by atoms with Crippen molar-refractivity contribution in [3.05, 3.63) is 71.5 Å². The van der Waals surface area contributed by atoms with E-state index in [1.807, 2.05) is 24.3 Å². The molecule has 2 unspecified atom stereocenters. The quantitative estimate of drug-likeness (QED) is 0.699. The molecule has 2 aliphatic rings. The second kappa shape index (κ2) is 7.33. The number of benzene rings is 2. The predicted molar refractivity (Wildman–Crippen MR) is 106 cm³/mol. The van der Waals surface area contributed by atoms with Gasteiger partial charge < -0.3 is 15.2 Å². The molecular formula is C22H22N4O3. The summed E-state index contributed by atoms with van der Waals surface area (Å²) in [5.41, 5.74) is 5.41. The Morgan fingerprint density at radius 3 is 2.41 bits per heavy atom. The number of fused-ring (bicyclic) bond motifs is 3. The van der Waals surface area contributed by atoms with Crippen LogP contribution in [0, 0.1) is 0 Å². The minimum atomic E-state index is -0.481. The van der Waals surface area contributed by atoms with Crippen LogP contribution >= 0.6 is 0 Å². The van der Waals surface area contributed by atoms with Gasteiger partial charge in [0.25, 0.3) is 0 Å². The number of hydrogen-bond acceptors (Lipinski definition) is 5. The van der Waals surface area contributed by atoms with E-state index in [0.29, 0.717) is 5.69 Å². The molecule has 3 aromatic rings. The Bertz CT molecular complexity index is 1000. The van der Waals surface area contributed by atoms with Crippen molar-refractivity contribution >= 4 is 6.09 Å². The maximum atomic E-state index is 12.2. The summed E-state index contributed by atoms with van der Waals surface area (Å²) in [5, 5.41) is 20.5. The molecule has 0 spiro atoms. The molecule has 1 fully saturated rings. The second-order valence-electron chi connectivity index (χ2n) is 7.58. The summed E-state index contributed by atoms with van der Waals surface area (Å²) < 4.78 is 7.19. The van der Waals surface area contributed by atoms with Gasteiger partial charge >= 0.3 is 6.09 Å². The van der Waals surface area contributed by atoms with Crippen molar-refractivity contribution < 1.29 is 14.6 Å². The lowest BCUT2D eigenvalue weighted by Crippen LogP contribution is -2.34. The summed E-state index contributed by atoms with van der Waals surface area (Å²) in [4.78, 5) is 12.2. The molecular weight excluding hydrogens is 368 g/mol. The van der Waals surface area contributed by atoms with E-state index in [0.717, 1.165) is 12.8 Å². The zero-order chi connectivity index (χ0) is 19.8. The van der Waals surface area contributed by atoms with Gasteiger partial charge in [0.15, 0.2) is 0 Å². The fourth-order valence-electron chi connectivity index (χ4n) is 4.14. The summed E-state index contributed by atoms with van der Waals surface area (Å²) in [6.07, 6.45) is 2.60. The maximum absolute atomic E-state index is 12.2. The normalized spacial score (nSPS) is 19.9. The highest BCUT2D eigenvalue weighted by Crippen LogP contribution is 2.44. The van der Waals surface area contributed by atoms with Gasteiger partial charge in [-0.25, -0.2) is 9.48 Å². The fraction of sp³-hybridized carbons (Fsp3) is 0.318. The standard InChI is InChI=1S/C22H22N4O3/c27-21-10-9-20(21)26-12-14(24-25-26)11-23-22(28)29-13-19-17-7-3-1-5-15(17)16-6-2-4-8-18(16)19/h1-8,12,19-21,27H,9-11,13H2,(H,23,28). The average Bonchev–Trinajstić information content (AvgIpc) is 3.32. The highest BCUT2D eigenvalue weighted by molar-refractivity contribution is 5.79. The van der Waals surface area contributed by atoms with E-state index in [1.54, 1.807) is 10.9 Å². The highest BCUT2D eigenvalue weighted by atomic mass is 16.5. The molecule has 1 amide bonds. The molecule has 0 aliphatic heterocycles. The minimum Gasteiger partial charge on any atom is -0.449 e. The van der Waals surface area contributed by atoms with Crippen LogP contribution in [0.3, 0.4) is 0 Å². The van der Waals surface area contributed by atoms with Crippen molar-refractivity contribution in [3.8, 4) is 11.1 Å². The van der Waals surface area contributed by atoms with Crippen LogP contribution in [-0.4, -0.2) is 38.9 Å². The van der Waals surface area contributed by atoms with Crippen LogP contribution in [0.4, 0.5) is 4.79 Å². The fourth-order valence-corrected chi connectivity index (χ4v) is 4.14. The number of aliphatic hydroxyl groups excluding tert-OH is 1. The van der Waals surface area contributed by atoms with Gasteiger partial charge in [0, 0.05) is 5.92 Å². The molecule has 7 heteroatoms. The average molecular weight is 390 g/mol. The first-order chi connectivity index (χ1) is 14.2. The number of carbonyl (C=O) groups is 1. The van der Waals surface area contributed by atoms with Crippen LogP contribution in [0.5, 0.6) is 0 Å². The van der Waals surface area contributed by atoms with E-state index in [9.17, 15) is 9.90 Å². The minimum absolute atomic E-state index is 0.00861. The summed E-state index contributed by atoms with van der Waals surface area (Å²) in [7, 11) is 0. The lowest BCUT2D eigenvalue weighted by molar-refractivity contribution is 0.0244. The van der Waals surface area contributed by atoms with E-state index in [2.05, 4.69) is 39.9 Å². The van der Waals surface area contributed by atoms with Gasteiger partial charge in [-0.05, 0) is 35.1 Å². The third-order valence-electron chi connectivity index (χ3n) is 5.86. The molecule has 7 nitrogen and oxygen atoms in total. The zero-order valence-electron chi connectivity index (χ0n) is 15.9. The molecule has 1 heterocycles. The molecule has 2 atom stereocenters. The molecule has 2 aliphatic carbocycles. The first-order valence-electron chi connectivity index (χ1n) is 9.88. The third kappa shape index (κ3) is 3.27. The van der Waals surface area contributed by atoms with E-state index < -0.39 is 6.09 Å². The molecule has 0 saturated heterocycles. The molecule has 2 N–H and O–H groups in total. The Hall–Kier alpha value is -3.19. The molecule has 5 rings (SSSR count). The van der Waals surface area contributed by atoms with Crippen LogP contribution in [0.1, 0.15) is 41.6 Å². The SMILES string of the molecule is O=C(NCc1cn(C2CCC2O)nn1)OCC1c2ccccc2-c2ccccc21. The predicted octanol–water partition coefficient (Wildman–Crippen LogP) is 3.01. The first kappa shape index (κ1) is 17.9. The van der Waals surface area contributed by atoms with Gasteiger partial charge in [-0.3, -0.25) is 0 Å². The van der Waals surface area contributed by atoms with Gasteiger partial charge in [0.2, 0.25) is 0 Å². The van der Waals surface area contributed by atoms with Crippen LogP contribution in [0.15, 0.2) is 54.7 Å². The number of hydrogen-bond donors (Lipinski definition) is 2. The van der Waals surface area contributed by atoms with Crippen molar-refractivity contribution in [2.24, 2.45) is 0 Å². The number of nitrogens with one attached hydrogen (secondary N) is 1. The van der Waals surface area contributed by atoms with Gasteiger partial charge in [0.1, 0.15) is 12.3 Å². The summed E-state index contributed by atoms with van der Waals surface area (Å²) in [5.74, 6) is 0.0362. The topological polar surface area (TPSA) is 89.3 Å². The van der Waals surface area contributed by atoms with Crippen molar-refractivity contribution in [3.63, 3.8) is 0 Å². The number of aliphatic hydroxyl groups is 1. The molecule has 148 valence electrons. The third-order valence-corrected chi connectivity index (χ3v) is 5.86. The van der Waals surface area contributed by atoms with Crippen LogP contribution in [0.2, 0.25) is 0 Å². The van der Waals surface area contributed by atoms with Gasteiger partial charge in [0.05, 0.1) is 24.9 Å². The van der Waals surface area contributed by atoms with Crippen molar-refractivity contribution in [2.45, 2.75) is 37.5 Å². The number of carbonyl (C=O) groups excluding carboxylic acids is 1. The lowest BCUT2D eigenvalue weighted by atomic mass is 9.89. The smallest absolute Gasteiger partial charge is 0.407 e. The van der Waals surface area contributed by atoms with Gasteiger partial charge in [-0.1, -0.05) is 53.7 Å². The Morgan fingerprint density at radius 1 is 1.10 bits per heavy atom. The molecule has 0 bridgehead atoms. The van der Waals surface area contributed by atoms with Crippen molar-refractivity contribution in [1.82, 2.24) is 20.3 Å². The summed E-state index contributed by atoms with van der Waals surface area (Å²) in [6, 6.07) is 16.5. The first-order valence-corrected chi connectivity index (χ1v) is 9.88. The summed E-state index contributed by atoms with van der Waals surface area (Å²) in [6.45, 7) is 0.514. The van der Waals surface area contributed by atoms with Crippen LogP contribution < -0.4 is 5.32 Å². The van der Waals surface area contributed by atoms with Crippen LogP contribution in [-0.2, 0) is 11.3 Å². The molecule has 1 aromatic heterocycles. The van der Waals surface area contributed by atoms with Gasteiger partial charge in [-0.2, -0.15) is 0 Å². The monoisotopic (exact) mass is 390 g/mol. The van der Waals surface area contributed by atoms with E-state index in [-0.39, 0.29) is 31.2 Å². The molecule has 0 radical (unpaired) electrons. The number of amides is 1. The van der Waals surface area contributed by atoms with E-state index in [1.165, 1.54) is 22.3 Å². The van der Waals surface area contributed by atoms with Crippen molar-refractivity contribution in [2.75, 3.05) is 6.61 Å². The zero-order valence-corrected chi connectivity index (χ0v) is 15.9. The number of ether oxygens (including phenoxy) is 1. The highest BCUT2D eigenvalue weighted by Gasteiger charge is 2.31. The second-order valence-corrected chi connectivity index (χ2v) is 7.58. The number of alkyl carbamates (subject to hydrolysis) is 1. The Kier molecular flexibility index (Phi) is 4.52. The molecule has 2 aromatic carbocycles. The van der Waals surface area contributed by atoms with Gasteiger partial charge in [-0.15, -0.1) is 5.10 Å².